The van der Waals surface area contributed by atoms with Crippen LogP contribution in [0.2, 0.25) is 0 Å². The van der Waals surface area contributed by atoms with E-state index in [1.54, 1.807) is 6.92 Å². The predicted octanol–water partition coefficient (Wildman–Crippen LogP) is 3.55. The van der Waals surface area contributed by atoms with Gasteiger partial charge in [0.05, 0.1) is 5.41 Å². The smallest absolute Gasteiger partial charge is 0.309 e. The molecule has 2 N–H and O–H groups in total. The normalized spacial score (nSPS) is 21.6. The van der Waals surface area contributed by atoms with Gasteiger partial charge in [-0.25, -0.2) is 0 Å². The van der Waals surface area contributed by atoms with Gasteiger partial charge >= 0.3 is 11.9 Å². The highest BCUT2D eigenvalue weighted by molar-refractivity contribution is 5.74. The van der Waals surface area contributed by atoms with E-state index in [1.807, 2.05) is 6.92 Å². The maximum Gasteiger partial charge on any atom is 0.309 e. The van der Waals surface area contributed by atoms with Crippen molar-refractivity contribution in [3.63, 3.8) is 0 Å². The Bertz CT molecular complexity index is 320. The van der Waals surface area contributed by atoms with Gasteiger partial charge in [-0.1, -0.05) is 39.0 Å². The molecule has 2 atom stereocenters. The molecule has 0 bridgehead atoms. The molecule has 110 valence electrons. The SMILES string of the molecule is CC(CCC(=O)O)C(C)(CC1CCCCC1)C(=O)O. The monoisotopic (exact) mass is 270 g/mol. The lowest BCUT2D eigenvalue weighted by molar-refractivity contribution is -0.153. The standard InChI is InChI=1S/C15H26O4/c1-11(8-9-13(16)17)15(2,14(18)19)10-12-6-4-3-5-7-12/h11-12H,3-10H2,1-2H3,(H,16,17)(H,18,19). The Balaban J connectivity index is 2.65. The molecule has 0 aliphatic heterocycles. The minimum absolute atomic E-state index is 0.0503. The first-order valence-electron chi connectivity index (χ1n) is 7.31. The van der Waals surface area contributed by atoms with E-state index in [-0.39, 0.29) is 12.3 Å². The van der Waals surface area contributed by atoms with E-state index in [4.69, 9.17) is 5.11 Å². The minimum Gasteiger partial charge on any atom is -0.481 e. The van der Waals surface area contributed by atoms with Crippen molar-refractivity contribution in [2.24, 2.45) is 17.3 Å². The van der Waals surface area contributed by atoms with E-state index in [1.165, 1.54) is 19.3 Å². The van der Waals surface area contributed by atoms with Gasteiger partial charge in [0.1, 0.15) is 0 Å². The first kappa shape index (κ1) is 16.0. The Morgan fingerprint density at radius 3 is 2.26 bits per heavy atom. The Hall–Kier alpha value is -1.06. The van der Waals surface area contributed by atoms with E-state index < -0.39 is 17.4 Å². The van der Waals surface area contributed by atoms with Crippen LogP contribution in [0.3, 0.4) is 0 Å². The maximum absolute atomic E-state index is 11.6. The Morgan fingerprint density at radius 1 is 1.21 bits per heavy atom. The van der Waals surface area contributed by atoms with Crippen molar-refractivity contribution >= 4 is 11.9 Å². The van der Waals surface area contributed by atoms with Crippen LogP contribution < -0.4 is 0 Å². The van der Waals surface area contributed by atoms with Gasteiger partial charge in [0, 0.05) is 6.42 Å². The lowest BCUT2D eigenvalue weighted by Gasteiger charge is -2.36. The second-order valence-electron chi connectivity index (χ2n) is 6.26. The van der Waals surface area contributed by atoms with Crippen LogP contribution in [0.1, 0.15) is 65.2 Å². The molecule has 19 heavy (non-hydrogen) atoms. The van der Waals surface area contributed by atoms with Crippen molar-refractivity contribution in [1.29, 1.82) is 0 Å². The Labute approximate surface area is 115 Å². The molecule has 1 aliphatic rings. The molecular formula is C15H26O4. The number of rotatable bonds is 7. The molecule has 0 aromatic carbocycles. The van der Waals surface area contributed by atoms with Crippen LogP contribution in [-0.2, 0) is 9.59 Å². The van der Waals surface area contributed by atoms with Crippen molar-refractivity contribution < 1.29 is 19.8 Å². The summed E-state index contributed by atoms with van der Waals surface area (Å²) in [7, 11) is 0. The summed E-state index contributed by atoms with van der Waals surface area (Å²) in [5, 5.41) is 18.3. The molecule has 1 fully saturated rings. The van der Waals surface area contributed by atoms with Gasteiger partial charge in [-0.05, 0) is 31.6 Å². The molecule has 4 heteroatoms. The van der Waals surface area contributed by atoms with Crippen molar-refractivity contribution in [3.05, 3.63) is 0 Å². The summed E-state index contributed by atoms with van der Waals surface area (Å²) in [5.74, 6) is -1.25. The molecule has 1 rings (SSSR count). The summed E-state index contributed by atoms with van der Waals surface area (Å²) >= 11 is 0. The Kier molecular flexibility index (Phi) is 5.83. The van der Waals surface area contributed by atoms with Crippen LogP contribution in [-0.4, -0.2) is 22.2 Å². The second kappa shape index (κ2) is 6.92. The van der Waals surface area contributed by atoms with Crippen molar-refractivity contribution in [1.82, 2.24) is 0 Å². The fraction of sp³-hybridized carbons (Fsp3) is 0.867. The summed E-state index contributed by atoms with van der Waals surface area (Å²) in [6.07, 6.45) is 7.06. The number of carboxylic acids is 2. The summed E-state index contributed by atoms with van der Waals surface area (Å²) < 4.78 is 0. The minimum atomic E-state index is -0.850. The van der Waals surface area contributed by atoms with Crippen molar-refractivity contribution in [2.75, 3.05) is 0 Å². The molecule has 1 aliphatic carbocycles. The lowest BCUT2D eigenvalue weighted by atomic mass is 9.68. The molecular weight excluding hydrogens is 244 g/mol. The second-order valence-corrected chi connectivity index (χ2v) is 6.26. The quantitative estimate of drug-likeness (QED) is 0.742. The fourth-order valence-corrected chi connectivity index (χ4v) is 3.15. The number of aliphatic carboxylic acids is 2. The third kappa shape index (κ3) is 4.51. The van der Waals surface area contributed by atoms with Crippen molar-refractivity contribution in [3.8, 4) is 0 Å². The van der Waals surface area contributed by atoms with E-state index >= 15 is 0 Å². The van der Waals surface area contributed by atoms with Crippen LogP contribution in [0.5, 0.6) is 0 Å². The van der Waals surface area contributed by atoms with Gasteiger partial charge in [-0.2, -0.15) is 0 Å². The third-order valence-corrected chi connectivity index (χ3v) is 4.80. The molecule has 0 radical (unpaired) electrons. The number of hydrogen-bond acceptors (Lipinski definition) is 2. The molecule has 0 heterocycles. The van der Waals surface area contributed by atoms with Crippen LogP contribution in [0.25, 0.3) is 0 Å². The topological polar surface area (TPSA) is 74.6 Å². The molecule has 2 unspecified atom stereocenters. The van der Waals surface area contributed by atoms with Gasteiger partial charge in [0.25, 0.3) is 0 Å². The van der Waals surface area contributed by atoms with Crippen LogP contribution in [0.4, 0.5) is 0 Å². The number of carboxylic acid groups (broad SMARTS) is 2. The number of hydrogen-bond donors (Lipinski definition) is 2. The highest BCUT2D eigenvalue weighted by Crippen LogP contribution is 2.41. The lowest BCUT2D eigenvalue weighted by Crippen LogP contribution is -2.37. The first-order chi connectivity index (χ1) is 8.86. The van der Waals surface area contributed by atoms with Gasteiger partial charge in [-0.15, -0.1) is 0 Å². The van der Waals surface area contributed by atoms with E-state index in [0.29, 0.717) is 18.8 Å². The number of carbonyl (C=O) groups is 2. The summed E-state index contributed by atoms with van der Waals surface area (Å²) in [4.78, 5) is 22.3. The largest absolute Gasteiger partial charge is 0.481 e. The van der Waals surface area contributed by atoms with Crippen molar-refractivity contribution in [2.45, 2.75) is 65.2 Å². The molecule has 4 nitrogen and oxygen atoms in total. The average Bonchev–Trinajstić information content (AvgIpc) is 2.36. The molecule has 0 aromatic heterocycles. The van der Waals surface area contributed by atoms with Gasteiger partial charge in [0.15, 0.2) is 0 Å². The summed E-state index contributed by atoms with van der Waals surface area (Å²) in [6.45, 7) is 3.66. The predicted molar refractivity (Wildman–Crippen MR) is 73.0 cm³/mol. The zero-order chi connectivity index (χ0) is 14.5. The van der Waals surface area contributed by atoms with Gasteiger partial charge in [0.2, 0.25) is 0 Å². The molecule has 0 saturated heterocycles. The third-order valence-electron chi connectivity index (χ3n) is 4.80. The first-order valence-corrected chi connectivity index (χ1v) is 7.31. The Morgan fingerprint density at radius 2 is 1.79 bits per heavy atom. The highest BCUT2D eigenvalue weighted by atomic mass is 16.4. The molecule has 0 aromatic rings. The van der Waals surface area contributed by atoms with E-state index in [9.17, 15) is 14.7 Å². The maximum atomic E-state index is 11.6. The summed E-state index contributed by atoms with van der Waals surface area (Å²) in [6, 6.07) is 0. The molecule has 0 amide bonds. The zero-order valence-electron chi connectivity index (χ0n) is 12.0. The van der Waals surface area contributed by atoms with E-state index in [0.717, 1.165) is 12.8 Å². The van der Waals surface area contributed by atoms with Gasteiger partial charge < -0.3 is 10.2 Å². The van der Waals surface area contributed by atoms with Crippen LogP contribution in [0, 0.1) is 17.3 Å². The highest BCUT2D eigenvalue weighted by Gasteiger charge is 2.40. The molecule has 1 saturated carbocycles. The molecule has 0 spiro atoms. The van der Waals surface area contributed by atoms with Gasteiger partial charge in [-0.3, -0.25) is 9.59 Å². The fourth-order valence-electron chi connectivity index (χ4n) is 3.15. The van der Waals surface area contributed by atoms with E-state index in [2.05, 4.69) is 0 Å². The average molecular weight is 270 g/mol. The summed E-state index contributed by atoms with van der Waals surface area (Å²) in [5.41, 5.74) is -0.794. The van der Waals surface area contributed by atoms with Crippen LogP contribution in [0.15, 0.2) is 0 Å². The zero-order valence-corrected chi connectivity index (χ0v) is 12.0. The van der Waals surface area contributed by atoms with Crippen LogP contribution >= 0.6 is 0 Å².